The maximum absolute atomic E-state index is 14.9. The van der Waals surface area contributed by atoms with Crippen molar-refractivity contribution < 1.29 is 57.0 Å². The molecule has 9 rings (SSSR count). The largest absolute Gasteiger partial charge is 0.370 e. The molecule has 0 spiro atoms. The van der Waals surface area contributed by atoms with Gasteiger partial charge < -0.3 is 39.3 Å². The minimum Gasteiger partial charge on any atom is -0.370 e. The van der Waals surface area contributed by atoms with Crippen LogP contribution in [0.4, 0.5) is 4.39 Å². The van der Waals surface area contributed by atoms with Gasteiger partial charge in [-0.2, -0.15) is 0 Å². The first kappa shape index (κ1) is 52.8. The molecular weight excluding hydrogens is 997 g/mol. The molecule has 6 atom stereocenters. The first-order chi connectivity index (χ1) is 35.2. The highest BCUT2D eigenvalue weighted by atomic mass is 32.1. The first-order valence-electron chi connectivity index (χ1n) is 24.9. The van der Waals surface area contributed by atoms with E-state index in [4.69, 9.17) is 9.47 Å². The number of nitrogens with zero attached hydrogens (tertiary/aromatic N) is 5. The number of imidazole rings is 1. The number of halogens is 1. The second-order valence-corrected chi connectivity index (χ2v) is 23.5. The predicted octanol–water partition coefficient (Wildman–Crippen LogP) is 4.89. The minimum absolute atomic E-state index is 0.103. The molecule has 5 aromatic rings. The molecule has 74 heavy (non-hydrogen) atoms. The fraction of sp³-hybridized carbons (Fsp3) is 0.481. The maximum atomic E-state index is 14.9. The summed E-state index contributed by atoms with van der Waals surface area (Å²) in [6.07, 6.45) is 1.49. The Labute approximate surface area is 430 Å². The Morgan fingerprint density at radius 3 is 2.36 bits per heavy atom. The van der Waals surface area contributed by atoms with Crippen molar-refractivity contribution in [3.05, 3.63) is 105 Å². The second-order valence-electron chi connectivity index (χ2n) is 20.8. The molecule has 4 N–H and O–H groups in total. The summed E-state index contributed by atoms with van der Waals surface area (Å²) in [6.45, 7) is 6.82. The van der Waals surface area contributed by atoms with Crippen LogP contribution in [0, 0.1) is 11.3 Å². The topological polar surface area (TPSA) is 239 Å². The lowest BCUT2D eigenvalue weighted by Crippen LogP contribution is -2.60. The van der Waals surface area contributed by atoms with Crippen molar-refractivity contribution >= 4 is 75.5 Å². The Morgan fingerprint density at radius 1 is 0.919 bits per heavy atom. The van der Waals surface area contributed by atoms with Gasteiger partial charge in [-0.05, 0) is 95.8 Å². The van der Waals surface area contributed by atoms with Crippen molar-refractivity contribution in [3.63, 3.8) is 0 Å². The van der Waals surface area contributed by atoms with Crippen LogP contribution in [0.15, 0.2) is 77.6 Å². The monoisotopic (exact) mass is 1060 g/mol. The average molecular weight is 1060 g/mol. The van der Waals surface area contributed by atoms with Crippen molar-refractivity contribution in [2.24, 2.45) is 18.4 Å². The number of aryl methyl sites for hydroxylation is 1. The van der Waals surface area contributed by atoms with Gasteiger partial charge in [-0.3, -0.25) is 47.8 Å². The highest BCUT2D eigenvalue weighted by Gasteiger charge is 2.49. The van der Waals surface area contributed by atoms with Gasteiger partial charge in [-0.1, -0.05) is 63.2 Å². The van der Waals surface area contributed by atoms with Crippen molar-refractivity contribution in [3.8, 4) is 0 Å². The number of ether oxygens (including phenoxy) is 2. The number of carbonyl (C=O) groups is 6. The number of fused-ring (bicyclic) bond motifs is 2. The molecule has 4 fully saturated rings. The van der Waals surface area contributed by atoms with E-state index in [0.717, 1.165) is 22.5 Å². The number of thiophene rings is 1. The Balaban J connectivity index is 0.874. The van der Waals surface area contributed by atoms with Crippen molar-refractivity contribution in [1.29, 1.82) is 0 Å². The van der Waals surface area contributed by atoms with E-state index in [-0.39, 0.29) is 91.9 Å². The molecule has 3 aromatic carbocycles. The Hall–Kier alpha value is -6.09. The van der Waals surface area contributed by atoms with Gasteiger partial charge in [0.1, 0.15) is 30.8 Å². The molecule has 22 heteroatoms. The first-order valence-corrected chi connectivity index (χ1v) is 27.4. The smallest absolute Gasteiger partial charge is 0.363 e. The van der Waals surface area contributed by atoms with Crippen molar-refractivity contribution in [1.82, 2.24) is 34.5 Å². The summed E-state index contributed by atoms with van der Waals surface area (Å²) in [6, 6.07) is 17.7. The summed E-state index contributed by atoms with van der Waals surface area (Å²) in [5.41, 5.74) is 1.75. The summed E-state index contributed by atoms with van der Waals surface area (Å²) >= 11 is 1.07. The number of carbonyl (C=O) groups excluding carboxylic acids is 6. The van der Waals surface area contributed by atoms with Crippen LogP contribution in [0.2, 0.25) is 0 Å². The van der Waals surface area contributed by atoms with E-state index in [1.54, 1.807) is 37.6 Å². The number of hydrogen-bond donors (Lipinski definition) is 4. The van der Waals surface area contributed by atoms with E-state index in [9.17, 15) is 52.3 Å². The molecule has 19 nitrogen and oxygen atoms in total. The summed E-state index contributed by atoms with van der Waals surface area (Å²) in [7, 11) is -3.42. The van der Waals surface area contributed by atoms with Crippen molar-refractivity contribution in [2.75, 3.05) is 45.9 Å². The lowest BCUT2D eigenvalue weighted by molar-refractivity contribution is -0.156. The molecule has 4 saturated heterocycles. The summed E-state index contributed by atoms with van der Waals surface area (Å²) in [4.78, 5) is 119. The summed E-state index contributed by atoms with van der Waals surface area (Å²) in [5, 5.41) is 5.62. The van der Waals surface area contributed by atoms with E-state index in [1.165, 1.54) is 38.3 Å². The third-order valence-corrected chi connectivity index (χ3v) is 16.7. The maximum Gasteiger partial charge on any atom is 0.363 e. The minimum atomic E-state index is -5.08. The number of rotatable bonds is 13. The highest BCUT2D eigenvalue weighted by molar-refractivity contribution is 7.51. The third-order valence-electron chi connectivity index (χ3n) is 14.7. The lowest BCUT2D eigenvalue weighted by Gasteiger charge is -2.39. The van der Waals surface area contributed by atoms with Crippen LogP contribution in [-0.4, -0.2) is 133 Å². The Kier molecular flexibility index (Phi) is 15.2. The van der Waals surface area contributed by atoms with E-state index in [2.05, 4.69) is 10.6 Å². The average Bonchev–Trinajstić information content (AvgIpc) is 4.08. The van der Waals surface area contributed by atoms with Crippen LogP contribution >= 0.6 is 18.9 Å². The molecule has 2 aromatic heterocycles. The lowest BCUT2D eigenvalue weighted by atomic mass is 9.85. The summed E-state index contributed by atoms with van der Waals surface area (Å²) in [5.74, 6) is -4.89. The molecule has 6 amide bonds. The number of aromatic nitrogens is 2. The number of amides is 6. The molecule has 0 saturated carbocycles. The standard InChI is InChI=1S/C52H61FN7O12PS/c1-52(2,3)45(55-48(64)41-27-34-26-33(11-14-40(34)74-41)46(53)73(68,69)70)50(66)59-21-18-38(44(59)49(65)58-22-23-71-39(28-58)32-8-6-5-7-9-32)72-29-43(62)57-19-16-30(17-20-57)24-31-10-12-35-37(25-31)56(4)51(67)60(35)36-13-15-42(61)54-47(36)63/h5-12,14,25-27,30,36,38-39,44-46H,13,15-24,28-29H2,1-4H3,(H,55,64)(H,54,61,63)(H2,68,69,70)/t36?,38-,39+,44+,45-,46?/m1/s1. The quantitative estimate of drug-likeness (QED) is 0.0911. The Morgan fingerprint density at radius 2 is 1.66 bits per heavy atom. The SMILES string of the molecule is Cn1c(=O)n(C2CCC(=O)NC2=O)c2ccc(CC3CCN(C(=O)CO[C@@H]4CCN(C(=O)[C@@H](NC(=O)c5cc6cc(C(F)P(=O)(O)O)ccc6s5)C(C)(C)C)[C@@H]4C(=O)N4CCO[C@H](c5ccccc5)C4)CC3)cc21. The van der Waals surface area contributed by atoms with Gasteiger partial charge in [-0.25, -0.2) is 9.18 Å². The molecule has 0 aliphatic carbocycles. The van der Waals surface area contributed by atoms with Gasteiger partial charge in [0.05, 0.1) is 35.2 Å². The fourth-order valence-electron chi connectivity index (χ4n) is 10.7. The van der Waals surface area contributed by atoms with Crippen LogP contribution in [0.3, 0.4) is 0 Å². The number of imide groups is 1. The zero-order chi connectivity index (χ0) is 52.8. The molecule has 0 radical (unpaired) electrons. The van der Waals surface area contributed by atoms with Crippen LogP contribution in [-0.2, 0) is 51.5 Å². The summed E-state index contributed by atoms with van der Waals surface area (Å²) < 4.78 is 42.2. The van der Waals surface area contributed by atoms with Gasteiger partial charge in [0.15, 0.2) is 0 Å². The van der Waals surface area contributed by atoms with E-state index in [0.29, 0.717) is 53.5 Å². The van der Waals surface area contributed by atoms with Crippen LogP contribution in [0.5, 0.6) is 0 Å². The van der Waals surface area contributed by atoms with Crippen LogP contribution in [0.1, 0.15) is 97.3 Å². The molecular formula is C52H61FN7O12PS. The van der Waals surface area contributed by atoms with Crippen LogP contribution < -0.4 is 16.3 Å². The highest BCUT2D eigenvalue weighted by Crippen LogP contribution is 2.53. The van der Waals surface area contributed by atoms with Gasteiger partial charge in [0, 0.05) is 44.3 Å². The normalized spacial score (nSPS) is 22.0. The molecule has 2 unspecified atom stereocenters. The van der Waals surface area contributed by atoms with Gasteiger partial charge >= 0.3 is 13.3 Å². The van der Waals surface area contributed by atoms with Gasteiger partial charge in [-0.15, -0.1) is 11.3 Å². The number of piperidine rings is 2. The number of alkyl halides is 1. The third kappa shape index (κ3) is 11.0. The molecule has 0 bridgehead atoms. The zero-order valence-electron chi connectivity index (χ0n) is 41.6. The Bertz CT molecular complexity index is 3100. The zero-order valence-corrected chi connectivity index (χ0v) is 43.3. The number of nitrogens with one attached hydrogen (secondary N) is 2. The number of hydrogen-bond acceptors (Lipinski definition) is 11. The fourth-order valence-corrected chi connectivity index (χ4v) is 12.2. The van der Waals surface area contributed by atoms with E-state index in [1.807, 2.05) is 48.5 Å². The molecule has 4 aliphatic heterocycles. The number of morpholine rings is 1. The second kappa shape index (κ2) is 21.3. The van der Waals surface area contributed by atoms with Gasteiger partial charge in [0.25, 0.3) is 5.91 Å². The predicted molar refractivity (Wildman–Crippen MR) is 272 cm³/mol. The van der Waals surface area contributed by atoms with E-state index >= 15 is 0 Å². The number of likely N-dealkylation sites (tertiary alicyclic amines) is 2. The van der Waals surface area contributed by atoms with Gasteiger partial charge in [0.2, 0.25) is 35.4 Å². The molecule has 6 heterocycles. The van der Waals surface area contributed by atoms with Crippen LogP contribution in [0.25, 0.3) is 21.1 Å². The molecule has 394 valence electrons. The molecule has 4 aliphatic rings. The van der Waals surface area contributed by atoms with Crippen molar-refractivity contribution in [2.45, 2.75) is 95.5 Å². The number of benzene rings is 3. The van der Waals surface area contributed by atoms with E-state index < -0.39 is 67.0 Å².